The number of aromatic nitrogens is 1. The highest BCUT2D eigenvalue weighted by molar-refractivity contribution is 5.94. The molecular formula is C13H13NO5. The fraction of sp³-hybridized carbons (Fsp3) is 0.231. The van der Waals surface area contributed by atoms with Crippen molar-refractivity contribution in [3.8, 4) is 17.1 Å². The van der Waals surface area contributed by atoms with Crippen molar-refractivity contribution in [3.63, 3.8) is 0 Å². The molecule has 0 bridgehead atoms. The molecule has 0 aliphatic carbocycles. The average molecular weight is 263 g/mol. The van der Waals surface area contributed by atoms with E-state index in [0.29, 0.717) is 17.1 Å². The van der Waals surface area contributed by atoms with Crippen LogP contribution < -0.4 is 4.74 Å². The minimum atomic E-state index is -0.565. The zero-order chi connectivity index (χ0) is 13.7. The van der Waals surface area contributed by atoms with Crippen molar-refractivity contribution < 1.29 is 23.4 Å². The van der Waals surface area contributed by atoms with Crippen molar-refractivity contribution in [2.24, 2.45) is 0 Å². The Kier molecular flexibility index (Phi) is 4.15. The number of hydrogen-bond acceptors (Lipinski definition) is 6. The SMILES string of the molecule is COCOc1ccccc1-c1ocnc1C(=O)OC. The van der Waals surface area contributed by atoms with E-state index in [2.05, 4.69) is 9.72 Å². The highest BCUT2D eigenvalue weighted by atomic mass is 16.7. The number of para-hydroxylation sites is 1. The van der Waals surface area contributed by atoms with Crippen LogP contribution in [0, 0.1) is 0 Å². The predicted molar refractivity (Wildman–Crippen MR) is 65.8 cm³/mol. The topological polar surface area (TPSA) is 70.8 Å². The molecule has 1 aromatic carbocycles. The maximum absolute atomic E-state index is 11.6. The molecule has 6 nitrogen and oxygen atoms in total. The Bertz CT molecular complexity index is 564. The van der Waals surface area contributed by atoms with Crippen LogP contribution in [0.25, 0.3) is 11.3 Å². The number of hydrogen-bond donors (Lipinski definition) is 0. The maximum atomic E-state index is 11.6. The van der Waals surface area contributed by atoms with Gasteiger partial charge in [-0.25, -0.2) is 9.78 Å². The smallest absolute Gasteiger partial charge is 0.360 e. The lowest BCUT2D eigenvalue weighted by Gasteiger charge is -2.09. The van der Waals surface area contributed by atoms with E-state index in [-0.39, 0.29) is 12.5 Å². The van der Waals surface area contributed by atoms with Crippen molar-refractivity contribution in [1.82, 2.24) is 4.98 Å². The van der Waals surface area contributed by atoms with Gasteiger partial charge in [-0.3, -0.25) is 0 Å². The Morgan fingerprint density at radius 2 is 2.11 bits per heavy atom. The zero-order valence-corrected chi connectivity index (χ0v) is 10.6. The summed E-state index contributed by atoms with van der Waals surface area (Å²) in [7, 11) is 2.81. The molecule has 2 rings (SSSR count). The summed E-state index contributed by atoms with van der Waals surface area (Å²) in [6, 6.07) is 7.12. The summed E-state index contributed by atoms with van der Waals surface area (Å²) in [5.41, 5.74) is 0.716. The molecule has 0 saturated carbocycles. The van der Waals surface area contributed by atoms with E-state index in [1.165, 1.54) is 20.6 Å². The Balaban J connectivity index is 2.41. The fourth-order valence-corrected chi connectivity index (χ4v) is 1.58. The molecule has 0 saturated heterocycles. The number of oxazole rings is 1. The van der Waals surface area contributed by atoms with Gasteiger partial charge in [0.1, 0.15) is 5.75 Å². The van der Waals surface area contributed by atoms with Crippen molar-refractivity contribution in [1.29, 1.82) is 0 Å². The number of ether oxygens (including phenoxy) is 3. The molecular weight excluding hydrogens is 250 g/mol. The number of rotatable bonds is 5. The van der Waals surface area contributed by atoms with Gasteiger partial charge < -0.3 is 18.6 Å². The van der Waals surface area contributed by atoms with Crippen molar-refractivity contribution in [2.45, 2.75) is 0 Å². The highest BCUT2D eigenvalue weighted by Gasteiger charge is 2.21. The average Bonchev–Trinajstić information content (AvgIpc) is 2.93. The van der Waals surface area contributed by atoms with E-state index in [1.807, 2.05) is 6.07 Å². The van der Waals surface area contributed by atoms with Crippen LogP contribution in [0.4, 0.5) is 0 Å². The predicted octanol–water partition coefficient (Wildman–Crippen LogP) is 2.11. The zero-order valence-electron chi connectivity index (χ0n) is 10.6. The van der Waals surface area contributed by atoms with Crippen LogP contribution in [0.5, 0.6) is 5.75 Å². The molecule has 2 aromatic rings. The van der Waals surface area contributed by atoms with Gasteiger partial charge in [-0.15, -0.1) is 0 Å². The Labute approximate surface area is 109 Å². The number of benzene rings is 1. The van der Waals surface area contributed by atoms with Gasteiger partial charge in [0.2, 0.25) is 0 Å². The van der Waals surface area contributed by atoms with E-state index in [0.717, 1.165) is 0 Å². The lowest BCUT2D eigenvalue weighted by atomic mass is 10.1. The van der Waals surface area contributed by atoms with Crippen LogP contribution in [-0.2, 0) is 9.47 Å². The van der Waals surface area contributed by atoms with E-state index >= 15 is 0 Å². The third kappa shape index (κ3) is 2.74. The second-order valence-electron chi connectivity index (χ2n) is 3.57. The maximum Gasteiger partial charge on any atom is 0.360 e. The second-order valence-corrected chi connectivity index (χ2v) is 3.57. The molecule has 1 heterocycles. The normalized spacial score (nSPS) is 10.2. The minimum absolute atomic E-state index is 0.0959. The summed E-state index contributed by atoms with van der Waals surface area (Å²) in [5, 5.41) is 0. The molecule has 0 aliphatic heterocycles. The quantitative estimate of drug-likeness (QED) is 0.607. The first-order valence-electron chi connectivity index (χ1n) is 5.51. The molecule has 6 heteroatoms. The van der Waals surface area contributed by atoms with Gasteiger partial charge in [-0.1, -0.05) is 12.1 Å². The first-order valence-corrected chi connectivity index (χ1v) is 5.51. The number of methoxy groups -OCH3 is 2. The summed E-state index contributed by atoms with van der Waals surface area (Å²) >= 11 is 0. The second kappa shape index (κ2) is 6.01. The number of nitrogens with zero attached hydrogens (tertiary/aromatic N) is 1. The van der Waals surface area contributed by atoms with E-state index in [9.17, 15) is 4.79 Å². The monoisotopic (exact) mass is 263 g/mol. The molecule has 0 spiro atoms. The van der Waals surface area contributed by atoms with Gasteiger partial charge in [-0.2, -0.15) is 0 Å². The standard InChI is InChI=1S/C13H13NO5/c1-16-8-19-10-6-4-3-5-9(10)12-11(13(15)17-2)14-7-18-12/h3-7H,8H2,1-2H3. The van der Waals surface area contributed by atoms with Gasteiger partial charge in [0, 0.05) is 7.11 Å². The third-order valence-electron chi connectivity index (χ3n) is 2.41. The van der Waals surface area contributed by atoms with E-state index in [4.69, 9.17) is 13.9 Å². The van der Waals surface area contributed by atoms with Crippen LogP contribution in [0.3, 0.4) is 0 Å². The summed E-state index contributed by atoms with van der Waals surface area (Å²) in [6.07, 6.45) is 1.19. The van der Waals surface area contributed by atoms with Crippen LogP contribution in [-0.4, -0.2) is 32.0 Å². The summed E-state index contributed by atoms with van der Waals surface area (Å²) < 4.78 is 20.2. The first-order chi connectivity index (χ1) is 9.27. The van der Waals surface area contributed by atoms with Crippen molar-refractivity contribution in [3.05, 3.63) is 36.4 Å². The number of carbonyl (C=O) groups is 1. The molecule has 19 heavy (non-hydrogen) atoms. The van der Waals surface area contributed by atoms with E-state index < -0.39 is 5.97 Å². The van der Waals surface area contributed by atoms with Crippen molar-refractivity contribution >= 4 is 5.97 Å². The Morgan fingerprint density at radius 1 is 1.32 bits per heavy atom. The molecule has 100 valence electrons. The molecule has 0 fully saturated rings. The molecule has 0 N–H and O–H groups in total. The number of esters is 1. The fourth-order valence-electron chi connectivity index (χ4n) is 1.58. The molecule has 0 aliphatic rings. The lowest BCUT2D eigenvalue weighted by molar-refractivity contribution is 0.0514. The van der Waals surface area contributed by atoms with Gasteiger partial charge in [0.15, 0.2) is 24.6 Å². The molecule has 0 atom stereocenters. The number of carbonyl (C=O) groups excluding carboxylic acids is 1. The molecule has 1 aromatic heterocycles. The molecule has 0 amide bonds. The third-order valence-corrected chi connectivity index (χ3v) is 2.41. The van der Waals surface area contributed by atoms with E-state index in [1.54, 1.807) is 18.2 Å². The van der Waals surface area contributed by atoms with Crippen molar-refractivity contribution in [2.75, 3.05) is 21.0 Å². The summed E-state index contributed by atoms with van der Waals surface area (Å²) in [5.74, 6) is 0.273. The van der Waals surface area contributed by atoms with Crippen LogP contribution in [0.15, 0.2) is 35.1 Å². The highest BCUT2D eigenvalue weighted by Crippen LogP contribution is 2.32. The van der Waals surface area contributed by atoms with Gasteiger partial charge in [0.25, 0.3) is 0 Å². The largest absolute Gasteiger partial charge is 0.467 e. The van der Waals surface area contributed by atoms with Crippen LogP contribution in [0.2, 0.25) is 0 Å². The summed E-state index contributed by atoms with van der Waals surface area (Å²) in [4.78, 5) is 15.4. The first kappa shape index (κ1) is 13.1. The van der Waals surface area contributed by atoms with Crippen LogP contribution >= 0.6 is 0 Å². The Hall–Kier alpha value is -2.34. The van der Waals surface area contributed by atoms with Gasteiger partial charge in [-0.05, 0) is 12.1 Å². The van der Waals surface area contributed by atoms with Crippen LogP contribution in [0.1, 0.15) is 10.5 Å². The lowest BCUT2D eigenvalue weighted by Crippen LogP contribution is -2.04. The van der Waals surface area contributed by atoms with Gasteiger partial charge in [0.05, 0.1) is 12.7 Å². The Morgan fingerprint density at radius 3 is 2.84 bits per heavy atom. The summed E-state index contributed by atoms with van der Waals surface area (Å²) in [6.45, 7) is 0.0959. The van der Waals surface area contributed by atoms with Gasteiger partial charge >= 0.3 is 5.97 Å². The molecule has 0 unspecified atom stereocenters. The molecule has 0 radical (unpaired) electrons. The minimum Gasteiger partial charge on any atom is -0.467 e.